The van der Waals surface area contributed by atoms with Gasteiger partial charge in [0.05, 0.1) is 5.75 Å². The summed E-state index contributed by atoms with van der Waals surface area (Å²) in [6.45, 7) is 3.93. The molecule has 22 heavy (non-hydrogen) atoms. The molecule has 0 aromatic heterocycles. The van der Waals surface area contributed by atoms with Crippen molar-refractivity contribution in [2.24, 2.45) is 0 Å². The summed E-state index contributed by atoms with van der Waals surface area (Å²) in [6, 6.07) is 0.432. The van der Waals surface area contributed by atoms with Gasteiger partial charge in [-0.3, -0.25) is 4.79 Å². The van der Waals surface area contributed by atoms with E-state index in [1.54, 1.807) is 4.31 Å². The Kier molecular flexibility index (Phi) is 8.10. The van der Waals surface area contributed by atoms with E-state index < -0.39 is 10.0 Å². The van der Waals surface area contributed by atoms with E-state index in [0.29, 0.717) is 44.8 Å². The molecule has 0 aliphatic carbocycles. The highest BCUT2D eigenvalue weighted by Gasteiger charge is 2.28. The topological polar surface area (TPSA) is 78.5 Å². The van der Waals surface area contributed by atoms with Crippen molar-refractivity contribution in [3.05, 3.63) is 0 Å². The molecule has 0 saturated carbocycles. The molecule has 1 amide bonds. The van der Waals surface area contributed by atoms with Gasteiger partial charge >= 0.3 is 0 Å². The van der Waals surface area contributed by atoms with Crippen molar-refractivity contribution in [1.82, 2.24) is 14.9 Å². The molecule has 6 nitrogen and oxygen atoms in total. The molecule has 0 bridgehead atoms. The van der Waals surface area contributed by atoms with Gasteiger partial charge in [-0.1, -0.05) is 6.92 Å². The smallest absolute Gasteiger partial charge is 0.221 e. The summed E-state index contributed by atoms with van der Waals surface area (Å²) < 4.78 is 25.5. The van der Waals surface area contributed by atoms with Crippen LogP contribution < -0.4 is 10.6 Å². The Morgan fingerprint density at radius 2 is 1.95 bits per heavy atom. The number of hydrogen-bond donors (Lipinski definition) is 2. The van der Waals surface area contributed by atoms with Crippen molar-refractivity contribution >= 4 is 28.3 Å². The highest BCUT2D eigenvalue weighted by molar-refractivity contribution is 7.89. The molecule has 130 valence electrons. The zero-order chi connectivity index (χ0) is 15.3. The van der Waals surface area contributed by atoms with Crippen LogP contribution in [-0.2, 0) is 14.8 Å². The lowest BCUT2D eigenvalue weighted by Crippen LogP contribution is -2.47. The van der Waals surface area contributed by atoms with E-state index in [-0.39, 0.29) is 30.1 Å². The highest BCUT2D eigenvalue weighted by atomic mass is 35.5. The number of nitrogens with one attached hydrogen (secondary N) is 2. The molecular weight excluding hydrogens is 326 g/mol. The molecule has 2 saturated heterocycles. The Hall–Kier alpha value is -0.370. The second kappa shape index (κ2) is 9.05. The first-order valence-corrected chi connectivity index (χ1v) is 9.62. The molecule has 0 aromatic carbocycles. The van der Waals surface area contributed by atoms with Crippen molar-refractivity contribution in [2.45, 2.75) is 57.5 Å². The van der Waals surface area contributed by atoms with Crippen molar-refractivity contribution in [1.29, 1.82) is 0 Å². The fourth-order valence-corrected chi connectivity index (χ4v) is 4.65. The molecule has 8 heteroatoms. The van der Waals surface area contributed by atoms with E-state index in [9.17, 15) is 13.2 Å². The number of amides is 1. The summed E-state index contributed by atoms with van der Waals surface area (Å²) in [4.78, 5) is 12.0. The predicted octanol–water partition coefficient (Wildman–Crippen LogP) is 0.871. The Bertz CT molecular complexity index is 444. The van der Waals surface area contributed by atoms with Crippen LogP contribution in [0, 0.1) is 0 Å². The number of sulfonamides is 1. The molecule has 2 aliphatic rings. The van der Waals surface area contributed by atoms with Crippen molar-refractivity contribution in [2.75, 3.05) is 25.4 Å². The first-order chi connectivity index (χ1) is 10.0. The second-order valence-corrected chi connectivity index (χ2v) is 8.14. The molecule has 1 unspecified atom stereocenters. The van der Waals surface area contributed by atoms with Gasteiger partial charge in [0, 0.05) is 31.6 Å². The van der Waals surface area contributed by atoms with Crippen LogP contribution in [-0.4, -0.2) is 56.1 Å². The zero-order valence-corrected chi connectivity index (χ0v) is 14.8. The van der Waals surface area contributed by atoms with Gasteiger partial charge in [0.25, 0.3) is 0 Å². The maximum atomic E-state index is 12.0. The SMILES string of the molecule is CCCS(=O)(=O)N1CCC(NC(=O)CC2CCCN2)CC1.Cl. The van der Waals surface area contributed by atoms with Gasteiger partial charge in [0.15, 0.2) is 0 Å². The molecule has 0 radical (unpaired) electrons. The largest absolute Gasteiger partial charge is 0.353 e. The molecule has 2 N–H and O–H groups in total. The average molecular weight is 354 g/mol. The van der Waals surface area contributed by atoms with E-state index in [1.807, 2.05) is 6.92 Å². The number of piperidine rings is 1. The molecule has 2 fully saturated rings. The maximum Gasteiger partial charge on any atom is 0.221 e. The van der Waals surface area contributed by atoms with Gasteiger partial charge in [0.1, 0.15) is 0 Å². The lowest BCUT2D eigenvalue weighted by atomic mass is 10.1. The van der Waals surface area contributed by atoms with Crippen LogP contribution >= 0.6 is 12.4 Å². The second-order valence-electron chi connectivity index (χ2n) is 6.05. The quantitative estimate of drug-likeness (QED) is 0.742. The van der Waals surface area contributed by atoms with Crippen molar-refractivity contribution in [3.8, 4) is 0 Å². The molecule has 2 aliphatic heterocycles. The summed E-state index contributed by atoms with van der Waals surface area (Å²) in [5, 5.41) is 6.37. The van der Waals surface area contributed by atoms with Crippen molar-refractivity contribution < 1.29 is 13.2 Å². The fourth-order valence-electron chi connectivity index (χ4n) is 3.11. The third-order valence-electron chi connectivity index (χ3n) is 4.27. The standard InChI is InChI=1S/C14H27N3O3S.ClH/c1-2-10-21(19,20)17-8-5-12(6-9-17)16-14(18)11-13-4-3-7-15-13;/h12-13,15H,2-11H2,1H3,(H,16,18);1H. The van der Waals surface area contributed by atoms with Gasteiger partial charge in [-0.2, -0.15) is 0 Å². The summed E-state index contributed by atoms with van der Waals surface area (Å²) in [5.74, 6) is 0.307. The van der Waals surface area contributed by atoms with E-state index in [1.165, 1.54) is 0 Å². The Labute approximate surface area is 139 Å². The van der Waals surface area contributed by atoms with Crippen LogP contribution in [0.4, 0.5) is 0 Å². The van der Waals surface area contributed by atoms with Crippen LogP contribution in [0.3, 0.4) is 0 Å². The monoisotopic (exact) mass is 353 g/mol. The molecular formula is C14H28ClN3O3S. The molecule has 2 rings (SSSR count). The number of halogens is 1. The first kappa shape index (κ1) is 19.7. The minimum atomic E-state index is -3.09. The van der Waals surface area contributed by atoms with Crippen LogP contribution in [0.2, 0.25) is 0 Å². The number of carbonyl (C=O) groups excluding carboxylic acids is 1. The van der Waals surface area contributed by atoms with Gasteiger partial charge in [0.2, 0.25) is 15.9 Å². The van der Waals surface area contributed by atoms with Gasteiger partial charge in [-0.05, 0) is 38.6 Å². The third kappa shape index (κ3) is 5.68. The molecule has 0 spiro atoms. The van der Waals surface area contributed by atoms with E-state index in [4.69, 9.17) is 0 Å². The molecule has 2 heterocycles. The Morgan fingerprint density at radius 3 is 2.50 bits per heavy atom. The molecule has 1 atom stereocenters. The zero-order valence-electron chi connectivity index (χ0n) is 13.2. The summed E-state index contributed by atoms with van der Waals surface area (Å²) in [5.41, 5.74) is 0. The molecule has 0 aromatic rings. The average Bonchev–Trinajstić information content (AvgIpc) is 2.92. The Balaban J connectivity index is 0.00000242. The van der Waals surface area contributed by atoms with Gasteiger partial charge in [-0.15, -0.1) is 12.4 Å². The van der Waals surface area contributed by atoms with Crippen LogP contribution in [0.25, 0.3) is 0 Å². The lowest BCUT2D eigenvalue weighted by Gasteiger charge is -2.31. The highest BCUT2D eigenvalue weighted by Crippen LogP contribution is 2.16. The normalized spacial score (nSPS) is 24.0. The van der Waals surface area contributed by atoms with Gasteiger partial charge in [-0.25, -0.2) is 12.7 Å². The number of hydrogen-bond acceptors (Lipinski definition) is 4. The lowest BCUT2D eigenvalue weighted by molar-refractivity contribution is -0.122. The van der Waals surface area contributed by atoms with Gasteiger partial charge < -0.3 is 10.6 Å². The van der Waals surface area contributed by atoms with Crippen LogP contribution in [0.5, 0.6) is 0 Å². The minimum absolute atomic E-state index is 0. The van der Waals surface area contributed by atoms with E-state index in [2.05, 4.69) is 10.6 Å². The predicted molar refractivity (Wildman–Crippen MR) is 89.7 cm³/mol. The number of rotatable bonds is 6. The number of carbonyl (C=O) groups is 1. The van der Waals surface area contributed by atoms with Crippen LogP contribution in [0.1, 0.15) is 45.4 Å². The minimum Gasteiger partial charge on any atom is -0.353 e. The van der Waals surface area contributed by atoms with E-state index >= 15 is 0 Å². The first-order valence-electron chi connectivity index (χ1n) is 8.02. The summed E-state index contributed by atoms with van der Waals surface area (Å²) in [6.07, 6.45) is 4.83. The maximum absolute atomic E-state index is 12.0. The summed E-state index contributed by atoms with van der Waals surface area (Å²) in [7, 11) is -3.09. The van der Waals surface area contributed by atoms with Crippen LogP contribution in [0.15, 0.2) is 0 Å². The third-order valence-corrected chi connectivity index (χ3v) is 6.34. The summed E-state index contributed by atoms with van der Waals surface area (Å²) >= 11 is 0. The fraction of sp³-hybridized carbons (Fsp3) is 0.929. The van der Waals surface area contributed by atoms with E-state index in [0.717, 1.165) is 19.4 Å². The Morgan fingerprint density at radius 1 is 1.27 bits per heavy atom. The number of nitrogens with zero attached hydrogens (tertiary/aromatic N) is 1. The van der Waals surface area contributed by atoms with Crippen molar-refractivity contribution in [3.63, 3.8) is 0 Å².